The van der Waals surface area contributed by atoms with Crippen LogP contribution in [0.5, 0.6) is 0 Å². The van der Waals surface area contributed by atoms with E-state index in [9.17, 15) is 4.91 Å². The van der Waals surface area contributed by atoms with Gasteiger partial charge in [0.2, 0.25) is 5.82 Å². The summed E-state index contributed by atoms with van der Waals surface area (Å²) in [5.74, 6) is 0.182. The smallest absolute Gasteiger partial charge is 0.215 e. The molecule has 0 saturated heterocycles. The fourth-order valence-electron chi connectivity index (χ4n) is 0.338. The molecular weight excluding hydrogens is 174 g/mol. The molecule has 0 saturated carbocycles. The van der Waals surface area contributed by atoms with Crippen LogP contribution in [0.3, 0.4) is 0 Å². The predicted octanol–water partition coefficient (Wildman–Crippen LogP) is 1.44. The van der Waals surface area contributed by atoms with Crippen molar-refractivity contribution in [3.05, 3.63) is 17.4 Å². The van der Waals surface area contributed by atoms with Gasteiger partial charge in [-0.2, -0.15) is 0 Å². The minimum atomic E-state index is 0.182. The first-order chi connectivity index (χ1) is 3.83. The zero-order chi connectivity index (χ0) is 5.98. The van der Waals surface area contributed by atoms with E-state index in [1.807, 2.05) is 0 Å². The number of nitroso groups, excluding NO2 is 1. The summed E-state index contributed by atoms with van der Waals surface area (Å²) in [5, 5.41) is 2.58. The monoisotopic (exact) mass is 175 g/mol. The van der Waals surface area contributed by atoms with Crippen LogP contribution in [0.25, 0.3) is 0 Å². The molecule has 4 nitrogen and oxygen atoms in total. The molecule has 5 heteroatoms. The second-order valence-electron chi connectivity index (χ2n) is 1.17. The van der Waals surface area contributed by atoms with Crippen LogP contribution in [0.1, 0.15) is 0 Å². The first kappa shape index (κ1) is 5.43. The first-order valence-corrected chi connectivity index (χ1v) is 2.57. The van der Waals surface area contributed by atoms with Gasteiger partial charge in [-0.25, -0.2) is 4.98 Å². The average molecular weight is 176 g/mol. The molecule has 0 amide bonds. The van der Waals surface area contributed by atoms with Gasteiger partial charge in [0.15, 0.2) is 0 Å². The number of nitrogens with zero attached hydrogens (tertiary/aromatic N) is 3. The van der Waals surface area contributed by atoms with Crippen molar-refractivity contribution < 1.29 is 0 Å². The van der Waals surface area contributed by atoms with Crippen molar-refractivity contribution in [1.29, 1.82) is 0 Å². The van der Waals surface area contributed by atoms with E-state index < -0.39 is 0 Å². The Morgan fingerprint density at radius 2 is 2.62 bits per heavy atom. The largest absolute Gasteiger partial charge is 0.270 e. The normalized spacial score (nSPS) is 9.12. The fraction of sp³-hybridized carbons (Fsp3) is 0. The maximum absolute atomic E-state index is 9.67. The third-order valence-corrected chi connectivity index (χ3v) is 1.02. The Morgan fingerprint density at radius 1 is 1.88 bits per heavy atom. The number of hydrogen-bond donors (Lipinski definition) is 0. The topological polar surface area (TPSA) is 47.2 Å². The Hall–Kier alpha value is -0.710. The van der Waals surface area contributed by atoms with Crippen molar-refractivity contribution in [3.8, 4) is 0 Å². The Balaban J connectivity index is 3.00. The van der Waals surface area contributed by atoms with Gasteiger partial charge in [-0.15, -0.1) is 4.91 Å². The molecular formula is C3H2BrN3O. The van der Waals surface area contributed by atoms with Crippen molar-refractivity contribution in [1.82, 2.24) is 8.58 Å². The molecule has 8 heavy (non-hydrogen) atoms. The van der Waals surface area contributed by atoms with E-state index >= 15 is 0 Å². The Bertz CT molecular complexity index is 196. The molecule has 0 radical (unpaired) electrons. The molecule has 0 fully saturated rings. The maximum Gasteiger partial charge on any atom is 0.215 e. The SMILES string of the molecule is O=Nc1cn(Br)cn1. The number of imidazole rings is 1. The van der Waals surface area contributed by atoms with Crippen LogP contribution in [-0.2, 0) is 0 Å². The highest BCUT2D eigenvalue weighted by Crippen LogP contribution is 2.06. The zero-order valence-corrected chi connectivity index (χ0v) is 5.37. The van der Waals surface area contributed by atoms with Crippen LogP contribution >= 0.6 is 16.1 Å². The lowest BCUT2D eigenvalue weighted by Crippen LogP contribution is -1.63. The summed E-state index contributed by atoms with van der Waals surface area (Å²) in [6.45, 7) is 0. The van der Waals surface area contributed by atoms with Crippen LogP contribution in [0, 0.1) is 4.91 Å². The molecule has 1 aromatic rings. The highest BCUT2D eigenvalue weighted by molar-refractivity contribution is 9.08. The molecule has 0 aliphatic rings. The summed E-state index contributed by atoms with van der Waals surface area (Å²) in [4.78, 5) is 13.2. The van der Waals surface area contributed by atoms with Crippen molar-refractivity contribution >= 4 is 22.0 Å². The minimum Gasteiger partial charge on any atom is -0.270 e. The highest BCUT2D eigenvalue weighted by atomic mass is 79.9. The Kier molecular flexibility index (Phi) is 1.38. The van der Waals surface area contributed by atoms with Crippen molar-refractivity contribution in [3.63, 3.8) is 0 Å². The summed E-state index contributed by atoms with van der Waals surface area (Å²) in [5.41, 5.74) is 0. The van der Waals surface area contributed by atoms with E-state index in [0.29, 0.717) is 0 Å². The fourth-order valence-corrected chi connectivity index (χ4v) is 0.613. The van der Waals surface area contributed by atoms with Crippen LogP contribution in [0.15, 0.2) is 17.7 Å². The molecule has 0 aliphatic carbocycles. The lowest BCUT2D eigenvalue weighted by atomic mass is 10.8. The van der Waals surface area contributed by atoms with E-state index in [4.69, 9.17) is 0 Å². The van der Waals surface area contributed by atoms with Crippen molar-refractivity contribution in [2.45, 2.75) is 0 Å². The summed E-state index contributed by atoms with van der Waals surface area (Å²) >= 11 is 3.03. The first-order valence-electron chi connectivity index (χ1n) is 1.86. The van der Waals surface area contributed by atoms with Gasteiger partial charge >= 0.3 is 0 Å². The summed E-state index contributed by atoms with van der Waals surface area (Å²) in [6, 6.07) is 0. The molecule has 0 bridgehead atoms. The average Bonchev–Trinajstić information content (AvgIpc) is 2.14. The molecule has 1 rings (SSSR count). The van der Waals surface area contributed by atoms with Crippen molar-refractivity contribution in [2.24, 2.45) is 5.18 Å². The second-order valence-corrected chi connectivity index (χ2v) is 1.99. The van der Waals surface area contributed by atoms with Gasteiger partial charge in [-0.1, -0.05) is 0 Å². The molecule has 0 spiro atoms. The summed E-state index contributed by atoms with van der Waals surface area (Å²) in [7, 11) is 0. The molecule has 1 aromatic heterocycles. The molecule has 42 valence electrons. The quantitative estimate of drug-likeness (QED) is 0.607. The van der Waals surface area contributed by atoms with E-state index in [1.165, 1.54) is 16.1 Å². The minimum absolute atomic E-state index is 0.182. The van der Waals surface area contributed by atoms with Gasteiger partial charge in [0.05, 0.1) is 22.3 Å². The van der Waals surface area contributed by atoms with E-state index in [-0.39, 0.29) is 5.82 Å². The molecule has 0 atom stereocenters. The summed E-state index contributed by atoms with van der Waals surface area (Å²) in [6.07, 6.45) is 2.91. The molecule has 1 heterocycles. The van der Waals surface area contributed by atoms with Gasteiger partial charge < -0.3 is 0 Å². The van der Waals surface area contributed by atoms with Gasteiger partial charge in [0.1, 0.15) is 6.33 Å². The maximum atomic E-state index is 9.67. The number of aromatic nitrogens is 2. The highest BCUT2D eigenvalue weighted by Gasteiger charge is 1.91. The van der Waals surface area contributed by atoms with E-state index in [2.05, 4.69) is 26.3 Å². The lowest BCUT2D eigenvalue weighted by molar-refractivity contribution is 1.25. The third kappa shape index (κ3) is 0.919. The molecule has 0 aromatic carbocycles. The Labute approximate surface area is 53.8 Å². The number of rotatable bonds is 1. The van der Waals surface area contributed by atoms with Crippen LogP contribution < -0.4 is 0 Å². The standard InChI is InChI=1S/C3H2BrN3O/c4-7-1-3(6-8)5-2-7/h1-2H. The third-order valence-electron chi connectivity index (χ3n) is 0.633. The van der Waals surface area contributed by atoms with Crippen LogP contribution in [-0.4, -0.2) is 8.58 Å². The predicted molar refractivity (Wildman–Crippen MR) is 32.0 cm³/mol. The van der Waals surface area contributed by atoms with Gasteiger partial charge in [-0.05, 0) is 5.18 Å². The Morgan fingerprint density at radius 3 is 2.88 bits per heavy atom. The van der Waals surface area contributed by atoms with Gasteiger partial charge in [0.25, 0.3) is 0 Å². The molecule has 0 unspecified atom stereocenters. The lowest BCUT2D eigenvalue weighted by Gasteiger charge is -1.73. The van der Waals surface area contributed by atoms with Gasteiger partial charge in [-0.3, -0.25) is 3.59 Å². The zero-order valence-electron chi connectivity index (χ0n) is 3.78. The van der Waals surface area contributed by atoms with E-state index in [0.717, 1.165) is 0 Å². The molecule has 0 aliphatic heterocycles. The van der Waals surface area contributed by atoms with Crippen molar-refractivity contribution in [2.75, 3.05) is 0 Å². The summed E-state index contributed by atoms with van der Waals surface area (Å²) < 4.78 is 1.48. The van der Waals surface area contributed by atoms with Crippen LogP contribution in [0.2, 0.25) is 0 Å². The molecule has 0 N–H and O–H groups in total. The van der Waals surface area contributed by atoms with E-state index in [1.54, 1.807) is 0 Å². The van der Waals surface area contributed by atoms with Gasteiger partial charge in [0, 0.05) is 0 Å². The second kappa shape index (κ2) is 2.04. The van der Waals surface area contributed by atoms with Crippen LogP contribution in [0.4, 0.5) is 5.82 Å². The number of halogens is 1. The number of hydrogen-bond acceptors (Lipinski definition) is 3.